The van der Waals surface area contributed by atoms with E-state index in [4.69, 9.17) is 13.8 Å². The van der Waals surface area contributed by atoms with E-state index >= 15 is 0 Å². The number of nitrogens with zero attached hydrogens (tertiary/aromatic N) is 2. The first kappa shape index (κ1) is 26.5. The lowest BCUT2D eigenvalue weighted by Crippen LogP contribution is -2.20. The lowest BCUT2D eigenvalue weighted by molar-refractivity contribution is 0.633. The lowest BCUT2D eigenvalue weighted by Gasteiger charge is -2.26. The van der Waals surface area contributed by atoms with E-state index in [1.54, 1.807) is 0 Å². The van der Waals surface area contributed by atoms with Crippen LogP contribution < -0.4 is 5.32 Å². The Morgan fingerprint density at radius 1 is 0.531 bits per heavy atom. The molecule has 230 valence electrons. The molecule has 3 aromatic heterocycles. The maximum absolute atomic E-state index is 6.63. The molecule has 0 fully saturated rings. The summed E-state index contributed by atoms with van der Waals surface area (Å²) in [6.07, 6.45) is -0.223. The van der Waals surface area contributed by atoms with E-state index in [9.17, 15) is 0 Å². The molecule has 0 saturated carbocycles. The highest BCUT2D eigenvalue weighted by Gasteiger charge is 2.27. The molecule has 4 heterocycles. The minimum absolute atomic E-state index is 0.223. The van der Waals surface area contributed by atoms with Crippen LogP contribution in [0.25, 0.3) is 71.4 Å². The Kier molecular flexibility index (Phi) is 5.38. The van der Waals surface area contributed by atoms with Crippen LogP contribution in [0.2, 0.25) is 0 Å². The van der Waals surface area contributed by atoms with Gasteiger partial charge in [0, 0.05) is 49.4 Å². The number of fused-ring (bicyclic) bond motifs is 13. The molecular formula is C44H27N3O2. The smallest absolute Gasteiger partial charge is 0.180 e. The molecule has 49 heavy (non-hydrogen) atoms. The molecule has 10 aromatic rings. The van der Waals surface area contributed by atoms with Gasteiger partial charge in [-0.1, -0.05) is 115 Å². The molecule has 0 saturated heterocycles. The fourth-order valence-corrected chi connectivity index (χ4v) is 7.88. The zero-order chi connectivity index (χ0) is 32.1. The van der Waals surface area contributed by atoms with Gasteiger partial charge < -0.3 is 18.7 Å². The number of aliphatic imine (C=N–C) groups is 1. The van der Waals surface area contributed by atoms with Crippen LogP contribution in [-0.4, -0.2) is 10.3 Å². The molecule has 0 aliphatic carbocycles. The molecule has 1 atom stereocenters. The van der Waals surface area contributed by atoms with E-state index in [1.807, 2.05) is 30.3 Å². The third-order valence-electron chi connectivity index (χ3n) is 10.0. The Morgan fingerprint density at radius 2 is 1.14 bits per heavy atom. The van der Waals surface area contributed by atoms with Crippen molar-refractivity contribution < 1.29 is 8.83 Å². The van der Waals surface area contributed by atoms with Crippen molar-refractivity contribution in [3.63, 3.8) is 0 Å². The molecule has 7 aromatic carbocycles. The van der Waals surface area contributed by atoms with Gasteiger partial charge >= 0.3 is 0 Å². The summed E-state index contributed by atoms with van der Waals surface area (Å²) in [6, 6.07) is 52.9. The van der Waals surface area contributed by atoms with Gasteiger partial charge in [-0.15, -0.1) is 0 Å². The average molecular weight is 630 g/mol. The van der Waals surface area contributed by atoms with E-state index in [0.29, 0.717) is 0 Å². The number of benzene rings is 7. The van der Waals surface area contributed by atoms with E-state index < -0.39 is 0 Å². The average Bonchev–Trinajstić information content (AvgIpc) is 3.85. The van der Waals surface area contributed by atoms with Gasteiger partial charge in [0.1, 0.15) is 17.3 Å². The molecule has 5 heteroatoms. The van der Waals surface area contributed by atoms with Crippen LogP contribution in [0.15, 0.2) is 165 Å². The highest BCUT2D eigenvalue weighted by Crippen LogP contribution is 2.48. The second-order valence-electron chi connectivity index (χ2n) is 12.7. The lowest BCUT2D eigenvalue weighted by atomic mass is 9.97. The molecule has 1 aliphatic rings. The molecule has 1 aliphatic heterocycles. The van der Waals surface area contributed by atoms with Gasteiger partial charge in [0.2, 0.25) is 0 Å². The first-order valence-electron chi connectivity index (χ1n) is 16.6. The fourth-order valence-electron chi connectivity index (χ4n) is 7.88. The quantitative estimate of drug-likeness (QED) is 0.212. The molecule has 1 unspecified atom stereocenters. The summed E-state index contributed by atoms with van der Waals surface area (Å²) in [7, 11) is 0. The second-order valence-corrected chi connectivity index (χ2v) is 12.7. The van der Waals surface area contributed by atoms with Gasteiger partial charge in [-0.3, -0.25) is 4.99 Å². The maximum atomic E-state index is 6.63. The zero-order valence-corrected chi connectivity index (χ0v) is 26.2. The van der Waals surface area contributed by atoms with Gasteiger partial charge in [0.15, 0.2) is 11.2 Å². The number of aromatic nitrogens is 1. The van der Waals surface area contributed by atoms with Crippen LogP contribution in [0, 0.1) is 0 Å². The van der Waals surface area contributed by atoms with Crippen LogP contribution in [0.5, 0.6) is 0 Å². The molecule has 0 spiro atoms. The molecule has 0 amide bonds. The standard InChI is InChI=1S/C44H27N3O2/c1-2-12-26(13-3-1)40-29-14-4-8-18-33(29)45-44(46-40)27-22-24-28(25-23-27)47-34-19-9-5-15-30(34)37-38-31-16-6-10-20-35(31)48-42(38)43-39(41(37)47)32-17-7-11-21-36(32)49-43/h1-25,44-45H. The molecule has 0 radical (unpaired) electrons. The third-order valence-corrected chi connectivity index (χ3v) is 10.0. The summed E-state index contributed by atoms with van der Waals surface area (Å²) >= 11 is 0. The SMILES string of the molecule is c1ccc(C2=NC(c3ccc(-n4c5ccccc5c5c6c7ccccc7oc6c6oc7ccccc7c6c54)cc3)Nc3ccccc32)cc1. The summed E-state index contributed by atoms with van der Waals surface area (Å²) in [5.41, 5.74) is 12.0. The van der Waals surface area contributed by atoms with Gasteiger partial charge in [-0.05, 0) is 42.0 Å². The largest absolute Gasteiger partial charge is 0.452 e. The number of furan rings is 2. The van der Waals surface area contributed by atoms with Crippen molar-refractivity contribution in [2.45, 2.75) is 6.17 Å². The number of anilines is 1. The van der Waals surface area contributed by atoms with Crippen molar-refractivity contribution in [3.05, 3.63) is 168 Å². The second kappa shape index (κ2) is 9.96. The van der Waals surface area contributed by atoms with Gasteiger partial charge in [-0.2, -0.15) is 0 Å². The first-order valence-corrected chi connectivity index (χ1v) is 16.6. The monoisotopic (exact) mass is 629 g/mol. The van der Waals surface area contributed by atoms with E-state index in [-0.39, 0.29) is 6.17 Å². The normalized spacial score (nSPS) is 14.6. The minimum Gasteiger partial charge on any atom is -0.452 e. The van der Waals surface area contributed by atoms with Gasteiger partial charge in [0.25, 0.3) is 0 Å². The van der Waals surface area contributed by atoms with Crippen LogP contribution >= 0.6 is 0 Å². The van der Waals surface area contributed by atoms with Crippen LogP contribution in [0.3, 0.4) is 0 Å². The molecule has 11 rings (SSSR count). The van der Waals surface area contributed by atoms with Crippen molar-refractivity contribution in [1.29, 1.82) is 0 Å². The fraction of sp³-hybridized carbons (Fsp3) is 0.0227. The Labute approximate surface area is 280 Å². The Morgan fingerprint density at radius 3 is 1.92 bits per heavy atom. The van der Waals surface area contributed by atoms with Crippen LogP contribution in [0.1, 0.15) is 22.9 Å². The summed E-state index contributed by atoms with van der Waals surface area (Å²) in [6.45, 7) is 0. The van der Waals surface area contributed by atoms with Crippen molar-refractivity contribution >= 4 is 77.1 Å². The zero-order valence-electron chi connectivity index (χ0n) is 26.2. The topological polar surface area (TPSA) is 55.6 Å². The number of hydrogen-bond donors (Lipinski definition) is 1. The molecular weight excluding hydrogens is 603 g/mol. The van der Waals surface area contributed by atoms with E-state index in [1.165, 1.54) is 10.8 Å². The number of hydrogen-bond acceptors (Lipinski definition) is 4. The predicted molar refractivity (Wildman–Crippen MR) is 200 cm³/mol. The number of rotatable bonds is 3. The van der Waals surface area contributed by atoms with E-state index in [2.05, 4.69) is 131 Å². The van der Waals surface area contributed by atoms with Gasteiger partial charge in [-0.25, -0.2) is 0 Å². The highest BCUT2D eigenvalue weighted by molar-refractivity contribution is 6.38. The van der Waals surface area contributed by atoms with E-state index in [0.717, 1.165) is 88.7 Å². The van der Waals surface area contributed by atoms with Crippen LogP contribution in [-0.2, 0) is 0 Å². The predicted octanol–water partition coefficient (Wildman–Crippen LogP) is 11.5. The number of para-hydroxylation sites is 4. The highest BCUT2D eigenvalue weighted by atomic mass is 16.4. The summed E-state index contributed by atoms with van der Waals surface area (Å²) < 4.78 is 15.6. The third kappa shape index (κ3) is 3.72. The Hall–Kier alpha value is -6.59. The summed E-state index contributed by atoms with van der Waals surface area (Å²) in [4.78, 5) is 5.26. The van der Waals surface area contributed by atoms with Crippen molar-refractivity contribution in [1.82, 2.24) is 4.57 Å². The maximum Gasteiger partial charge on any atom is 0.180 e. The van der Waals surface area contributed by atoms with Crippen molar-refractivity contribution in [2.75, 3.05) is 5.32 Å². The molecule has 1 N–H and O–H groups in total. The number of nitrogens with one attached hydrogen (secondary N) is 1. The molecule has 5 nitrogen and oxygen atoms in total. The Bertz CT molecular complexity index is 2960. The summed E-state index contributed by atoms with van der Waals surface area (Å²) in [5.74, 6) is 0. The van der Waals surface area contributed by atoms with Crippen LogP contribution in [0.4, 0.5) is 5.69 Å². The van der Waals surface area contributed by atoms with Crippen molar-refractivity contribution in [3.8, 4) is 5.69 Å². The van der Waals surface area contributed by atoms with Crippen molar-refractivity contribution in [2.24, 2.45) is 4.99 Å². The molecule has 0 bridgehead atoms. The first-order chi connectivity index (χ1) is 24.3. The Balaban J connectivity index is 1.17. The minimum atomic E-state index is -0.223. The van der Waals surface area contributed by atoms with Gasteiger partial charge in [0.05, 0.1) is 22.1 Å². The summed E-state index contributed by atoms with van der Waals surface area (Å²) in [5, 5.41) is 10.3.